The van der Waals surface area contributed by atoms with Gasteiger partial charge in [-0.1, -0.05) is 48.5 Å². The molecule has 1 saturated heterocycles. The molecule has 6 nitrogen and oxygen atoms in total. The molecule has 6 heteroatoms. The summed E-state index contributed by atoms with van der Waals surface area (Å²) >= 11 is 0. The maximum absolute atomic E-state index is 12.5. The molecule has 0 radical (unpaired) electrons. The summed E-state index contributed by atoms with van der Waals surface area (Å²) in [6, 6.07) is 28.2. The van der Waals surface area contributed by atoms with Gasteiger partial charge in [0, 0.05) is 0 Å². The predicted octanol–water partition coefficient (Wildman–Crippen LogP) is 5.92. The Morgan fingerprint density at radius 2 is 1.14 bits per heavy atom. The van der Waals surface area contributed by atoms with Crippen LogP contribution in [0, 0.1) is 0 Å². The van der Waals surface area contributed by atoms with E-state index in [9.17, 15) is 14.7 Å². The van der Waals surface area contributed by atoms with Gasteiger partial charge in [-0.05, 0) is 77.7 Å². The number of hydrogen-bond acceptors (Lipinski definition) is 6. The van der Waals surface area contributed by atoms with Crippen LogP contribution < -0.4 is 9.47 Å². The number of epoxide rings is 1. The van der Waals surface area contributed by atoms with E-state index in [0.717, 1.165) is 28.9 Å². The van der Waals surface area contributed by atoms with Gasteiger partial charge >= 0.3 is 11.9 Å². The normalized spacial score (nSPS) is 15.1. The van der Waals surface area contributed by atoms with Crippen LogP contribution in [-0.4, -0.2) is 23.7 Å². The maximum atomic E-state index is 12.5. The Morgan fingerprint density at radius 1 is 0.722 bits per heavy atom. The molecular weight excluding hydrogens is 456 g/mol. The van der Waals surface area contributed by atoms with Crippen LogP contribution in [0.2, 0.25) is 0 Å². The van der Waals surface area contributed by atoms with Gasteiger partial charge < -0.3 is 19.3 Å². The number of rotatable bonds is 7. The fourth-order valence-electron chi connectivity index (χ4n) is 3.73. The third kappa shape index (κ3) is 5.51. The second-order valence-corrected chi connectivity index (χ2v) is 8.57. The molecule has 1 aliphatic heterocycles. The fourth-order valence-corrected chi connectivity index (χ4v) is 3.73. The van der Waals surface area contributed by atoms with Crippen LogP contribution in [0.15, 0.2) is 97.1 Å². The van der Waals surface area contributed by atoms with Crippen molar-refractivity contribution in [1.29, 1.82) is 0 Å². The van der Waals surface area contributed by atoms with E-state index in [2.05, 4.69) is 0 Å². The van der Waals surface area contributed by atoms with E-state index >= 15 is 0 Å². The Labute approximate surface area is 208 Å². The Morgan fingerprint density at radius 3 is 1.53 bits per heavy atom. The Hall–Kier alpha value is -4.26. The van der Waals surface area contributed by atoms with Gasteiger partial charge in [-0.15, -0.1) is 0 Å². The van der Waals surface area contributed by atoms with Crippen molar-refractivity contribution >= 4 is 11.9 Å². The van der Waals surface area contributed by atoms with Gasteiger partial charge in [0.05, 0.1) is 23.8 Å². The second-order valence-electron chi connectivity index (χ2n) is 8.57. The van der Waals surface area contributed by atoms with E-state index < -0.39 is 18.0 Å². The van der Waals surface area contributed by atoms with Crippen molar-refractivity contribution in [3.63, 3.8) is 0 Å². The van der Waals surface area contributed by atoms with Crippen molar-refractivity contribution < 1.29 is 28.9 Å². The standard InChI is InChI=1S/C30H24O6/c1-19(31)20-10-14-26(15-11-20)35-29(32)24-6-2-21(3-7-24)22-4-8-25(9-5-22)30(33)36-27-16-12-23(13-17-27)28-18-34-28/h2-17,19,28,31H,18H2,1H3. The lowest BCUT2D eigenvalue weighted by molar-refractivity contribution is 0.0725. The molecule has 1 aliphatic rings. The molecular formula is C30H24O6. The summed E-state index contributed by atoms with van der Waals surface area (Å²) in [5, 5.41) is 9.59. The summed E-state index contributed by atoms with van der Waals surface area (Å²) < 4.78 is 16.1. The maximum Gasteiger partial charge on any atom is 0.343 e. The van der Waals surface area contributed by atoms with Crippen LogP contribution in [0.4, 0.5) is 0 Å². The minimum Gasteiger partial charge on any atom is -0.423 e. The molecule has 1 fully saturated rings. The van der Waals surface area contributed by atoms with Crippen LogP contribution >= 0.6 is 0 Å². The van der Waals surface area contributed by atoms with E-state index in [1.165, 1.54) is 0 Å². The molecule has 1 N–H and O–H groups in total. The molecule has 0 aliphatic carbocycles. The molecule has 36 heavy (non-hydrogen) atoms. The van der Waals surface area contributed by atoms with Gasteiger partial charge in [0.1, 0.15) is 17.6 Å². The number of ether oxygens (including phenoxy) is 3. The highest BCUT2D eigenvalue weighted by molar-refractivity contribution is 5.93. The van der Waals surface area contributed by atoms with Crippen molar-refractivity contribution in [2.75, 3.05) is 6.61 Å². The molecule has 0 spiro atoms. The zero-order valence-electron chi connectivity index (χ0n) is 19.6. The number of aliphatic hydroxyl groups excluding tert-OH is 1. The number of hydrogen-bond donors (Lipinski definition) is 1. The monoisotopic (exact) mass is 480 g/mol. The van der Waals surface area contributed by atoms with Crippen molar-refractivity contribution in [1.82, 2.24) is 0 Å². The number of esters is 2. The fraction of sp³-hybridized carbons (Fsp3) is 0.133. The Bertz CT molecular complexity index is 1250. The summed E-state index contributed by atoms with van der Waals surface area (Å²) in [4.78, 5) is 25.0. The molecule has 5 rings (SSSR count). The van der Waals surface area contributed by atoms with E-state index in [4.69, 9.17) is 14.2 Å². The average molecular weight is 481 g/mol. The SMILES string of the molecule is CC(O)c1ccc(OC(=O)c2ccc(-c3ccc(C(=O)Oc4ccc(C5CO5)cc4)cc3)cc2)cc1. The van der Waals surface area contributed by atoms with E-state index in [1.807, 2.05) is 36.4 Å². The van der Waals surface area contributed by atoms with Gasteiger partial charge in [-0.25, -0.2) is 9.59 Å². The highest BCUT2D eigenvalue weighted by Gasteiger charge is 2.24. The first-order chi connectivity index (χ1) is 17.5. The first-order valence-corrected chi connectivity index (χ1v) is 11.6. The van der Waals surface area contributed by atoms with Gasteiger partial charge in [0.15, 0.2) is 0 Å². The lowest BCUT2D eigenvalue weighted by Crippen LogP contribution is -2.08. The van der Waals surface area contributed by atoms with Gasteiger partial charge in [-0.2, -0.15) is 0 Å². The van der Waals surface area contributed by atoms with Crippen molar-refractivity contribution in [2.45, 2.75) is 19.1 Å². The summed E-state index contributed by atoms with van der Waals surface area (Å²) in [5.41, 5.74) is 4.47. The summed E-state index contributed by atoms with van der Waals surface area (Å²) in [6.45, 7) is 2.41. The van der Waals surface area contributed by atoms with Crippen LogP contribution in [0.5, 0.6) is 11.5 Å². The first kappa shape index (κ1) is 23.5. The topological polar surface area (TPSA) is 85.4 Å². The van der Waals surface area contributed by atoms with Crippen molar-refractivity contribution in [2.24, 2.45) is 0 Å². The quantitative estimate of drug-likeness (QED) is 0.201. The van der Waals surface area contributed by atoms with Crippen molar-refractivity contribution in [3.8, 4) is 22.6 Å². The summed E-state index contributed by atoms with van der Waals surface area (Å²) in [5.74, 6) is -0.0163. The lowest BCUT2D eigenvalue weighted by Gasteiger charge is -2.08. The highest BCUT2D eigenvalue weighted by Crippen LogP contribution is 2.31. The van der Waals surface area contributed by atoms with Crippen LogP contribution in [0.3, 0.4) is 0 Å². The average Bonchev–Trinajstić information content (AvgIpc) is 3.75. The molecule has 0 saturated carbocycles. The zero-order chi connectivity index (χ0) is 25.1. The molecule has 180 valence electrons. The van der Waals surface area contributed by atoms with Gasteiger partial charge in [0.2, 0.25) is 0 Å². The minimum atomic E-state index is -0.582. The molecule has 1 heterocycles. The van der Waals surface area contributed by atoms with E-state index in [0.29, 0.717) is 22.6 Å². The third-order valence-corrected chi connectivity index (χ3v) is 5.94. The summed E-state index contributed by atoms with van der Waals surface area (Å²) in [7, 11) is 0. The molecule has 0 aromatic heterocycles. The van der Waals surface area contributed by atoms with Crippen molar-refractivity contribution in [3.05, 3.63) is 119 Å². The van der Waals surface area contributed by atoms with Crippen LogP contribution in [0.1, 0.15) is 51.0 Å². The number of carbonyl (C=O) groups is 2. The van der Waals surface area contributed by atoms with Crippen LogP contribution in [0.25, 0.3) is 11.1 Å². The molecule has 4 aromatic rings. The molecule has 0 amide bonds. The molecule has 4 aromatic carbocycles. The molecule has 2 unspecified atom stereocenters. The first-order valence-electron chi connectivity index (χ1n) is 11.6. The lowest BCUT2D eigenvalue weighted by atomic mass is 10.0. The van der Waals surface area contributed by atoms with Crippen LogP contribution in [-0.2, 0) is 4.74 Å². The smallest absolute Gasteiger partial charge is 0.343 e. The number of benzene rings is 4. The number of carbonyl (C=O) groups excluding carboxylic acids is 2. The third-order valence-electron chi connectivity index (χ3n) is 5.94. The molecule has 2 atom stereocenters. The Balaban J connectivity index is 1.20. The van der Waals surface area contributed by atoms with E-state index in [1.54, 1.807) is 67.6 Å². The van der Waals surface area contributed by atoms with Gasteiger partial charge in [0.25, 0.3) is 0 Å². The van der Waals surface area contributed by atoms with E-state index in [-0.39, 0.29) is 6.10 Å². The number of aliphatic hydroxyl groups is 1. The predicted molar refractivity (Wildman–Crippen MR) is 134 cm³/mol. The Kier molecular flexibility index (Phi) is 6.62. The summed E-state index contributed by atoms with van der Waals surface area (Å²) in [6.07, 6.45) is -0.419. The highest BCUT2D eigenvalue weighted by atomic mass is 16.6. The second kappa shape index (κ2) is 10.2. The minimum absolute atomic E-state index is 0.163. The van der Waals surface area contributed by atoms with Gasteiger partial charge in [-0.3, -0.25) is 0 Å². The molecule has 0 bridgehead atoms. The zero-order valence-corrected chi connectivity index (χ0v) is 19.6. The largest absolute Gasteiger partial charge is 0.423 e.